The van der Waals surface area contributed by atoms with Gasteiger partial charge < -0.3 is 10.2 Å². The highest BCUT2D eigenvalue weighted by Gasteiger charge is 2.35. The van der Waals surface area contributed by atoms with Crippen molar-refractivity contribution in [2.45, 2.75) is 6.04 Å². The van der Waals surface area contributed by atoms with E-state index in [1.807, 2.05) is 30.3 Å². The standard InChI is InChI=1S/C17H15N5O2/c23-15-14(12-5-2-1-3-6-12)22(10-8-18-15)16(24)13-11-21-9-4-7-19-17(21)20-13/h1-7,9,11,14H,8,10H2,(H,18,23). The lowest BCUT2D eigenvalue weighted by molar-refractivity contribution is -0.128. The second-order valence-electron chi connectivity index (χ2n) is 5.56. The van der Waals surface area contributed by atoms with Gasteiger partial charge in [-0.3, -0.25) is 14.0 Å². The molecule has 120 valence electrons. The van der Waals surface area contributed by atoms with Gasteiger partial charge in [-0.25, -0.2) is 9.97 Å². The minimum Gasteiger partial charge on any atom is -0.352 e. The number of nitrogens with zero attached hydrogens (tertiary/aromatic N) is 4. The Hall–Kier alpha value is -3.22. The molecule has 3 heterocycles. The summed E-state index contributed by atoms with van der Waals surface area (Å²) in [7, 11) is 0. The molecule has 24 heavy (non-hydrogen) atoms. The van der Waals surface area contributed by atoms with Crippen LogP contribution in [0.4, 0.5) is 0 Å². The SMILES string of the molecule is O=C1NCCN(C(=O)c2cn3cccnc3n2)C1c1ccccc1. The fourth-order valence-corrected chi connectivity index (χ4v) is 2.93. The fraction of sp³-hybridized carbons (Fsp3) is 0.176. The minimum atomic E-state index is -0.648. The third-order valence-electron chi connectivity index (χ3n) is 4.04. The Balaban J connectivity index is 1.72. The molecule has 0 bridgehead atoms. The van der Waals surface area contributed by atoms with Crippen LogP contribution in [-0.2, 0) is 4.79 Å². The first kappa shape index (κ1) is 14.4. The average molecular weight is 321 g/mol. The molecule has 3 aromatic rings. The molecular formula is C17H15N5O2. The van der Waals surface area contributed by atoms with Crippen LogP contribution in [0.25, 0.3) is 5.78 Å². The van der Waals surface area contributed by atoms with Crippen molar-refractivity contribution < 1.29 is 9.59 Å². The molecule has 7 nitrogen and oxygen atoms in total. The lowest BCUT2D eigenvalue weighted by Gasteiger charge is -2.34. The van der Waals surface area contributed by atoms with Crippen LogP contribution in [0, 0.1) is 0 Å². The molecule has 1 unspecified atom stereocenters. The number of fused-ring (bicyclic) bond motifs is 1. The Kier molecular flexibility index (Phi) is 3.45. The van der Waals surface area contributed by atoms with Crippen molar-refractivity contribution in [2.24, 2.45) is 0 Å². The Bertz CT molecular complexity index is 872. The van der Waals surface area contributed by atoms with Crippen LogP contribution >= 0.6 is 0 Å². The highest BCUT2D eigenvalue weighted by molar-refractivity contribution is 5.97. The van der Waals surface area contributed by atoms with E-state index in [1.54, 1.807) is 34.0 Å². The number of rotatable bonds is 2. The van der Waals surface area contributed by atoms with Crippen LogP contribution in [0.1, 0.15) is 22.1 Å². The molecule has 1 aliphatic heterocycles. The number of carbonyl (C=O) groups is 2. The number of aromatic nitrogens is 3. The summed E-state index contributed by atoms with van der Waals surface area (Å²) in [5, 5.41) is 2.82. The smallest absolute Gasteiger partial charge is 0.275 e. The van der Waals surface area contributed by atoms with Crippen LogP contribution in [0.5, 0.6) is 0 Å². The number of imidazole rings is 1. The van der Waals surface area contributed by atoms with Crippen molar-refractivity contribution in [3.63, 3.8) is 0 Å². The van der Waals surface area contributed by atoms with E-state index in [0.717, 1.165) is 5.56 Å². The zero-order chi connectivity index (χ0) is 16.5. The zero-order valence-corrected chi connectivity index (χ0v) is 12.8. The molecule has 2 aromatic heterocycles. The van der Waals surface area contributed by atoms with E-state index < -0.39 is 6.04 Å². The quantitative estimate of drug-likeness (QED) is 0.765. The number of piperazine rings is 1. The van der Waals surface area contributed by atoms with E-state index in [9.17, 15) is 9.59 Å². The molecule has 4 rings (SSSR count). The number of hydrogen-bond acceptors (Lipinski definition) is 4. The zero-order valence-electron chi connectivity index (χ0n) is 12.8. The van der Waals surface area contributed by atoms with Gasteiger partial charge in [0.1, 0.15) is 11.7 Å². The molecule has 0 radical (unpaired) electrons. The molecule has 1 N–H and O–H groups in total. The van der Waals surface area contributed by atoms with Gasteiger partial charge in [-0.1, -0.05) is 30.3 Å². The Morgan fingerprint density at radius 1 is 1.21 bits per heavy atom. The summed E-state index contributed by atoms with van der Waals surface area (Å²) < 4.78 is 1.69. The lowest BCUT2D eigenvalue weighted by Crippen LogP contribution is -2.52. The molecule has 7 heteroatoms. The normalized spacial score (nSPS) is 17.8. The maximum Gasteiger partial charge on any atom is 0.275 e. The third kappa shape index (κ3) is 2.40. The number of amides is 2. The predicted octanol–water partition coefficient (Wildman–Crippen LogP) is 1.04. The average Bonchev–Trinajstić information content (AvgIpc) is 3.06. The molecule has 1 fully saturated rings. The fourth-order valence-electron chi connectivity index (χ4n) is 2.93. The summed E-state index contributed by atoms with van der Waals surface area (Å²) in [6.45, 7) is 0.866. The highest BCUT2D eigenvalue weighted by atomic mass is 16.2. The van der Waals surface area contributed by atoms with E-state index in [0.29, 0.717) is 18.9 Å². The largest absolute Gasteiger partial charge is 0.352 e. The van der Waals surface area contributed by atoms with Crippen molar-refractivity contribution >= 4 is 17.6 Å². The van der Waals surface area contributed by atoms with Gasteiger partial charge >= 0.3 is 0 Å². The van der Waals surface area contributed by atoms with E-state index in [2.05, 4.69) is 15.3 Å². The monoisotopic (exact) mass is 321 g/mol. The van der Waals surface area contributed by atoms with Gasteiger partial charge in [-0.05, 0) is 11.6 Å². The van der Waals surface area contributed by atoms with E-state index in [-0.39, 0.29) is 17.5 Å². The van der Waals surface area contributed by atoms with E-state index in [1.165, 1.54) is 0 Å². The van der Waals surface area contributed by atoms with Crippen LogP contribution in [-0.4, -0.2) is 44.2 Å². The van der Waals surface area contributed by atoms with Gasteiger partial charge in [0.25, 0.3) is 5.91 Å². The van der Waals surface area contributed by atoms with Crippen LogP contribution in [0.3, 0.4) is 0 Å². The highest BCUT2D eigenvalue weighted by Crippen LogP contribution is 2.24. The number of hydrogen-bond donors (Lipinski definition) is 1. The first-order valence-electron chi connectivity index (χ1n) is 7.67. The minimum absolute atomic E-state index is 0.178. The maximum absolute atomic E-state index is 12.9. The predicted molar refractivity (Wildman–Crippen MR) is 86.2 cm³/mol. The summed E-state index contributed by atoms with van der Waals surface area (Å²) in [5.41, 5.74) is 1.06. The lowest BCUT2D eigenvalue weighted by atomic mass is 10.0. The molecule has 1 saturated heterocycles. The van der Waals surface area contributed by atoms with E-state index in [4.69, 9.17) is 0 Å². The maximum atomic E-state index is 12.9. The Morgan fingerprint density at radius 2 is 2.04 bits per heavy atom. The van der Waals surface area contributed by atoms with Gasteiger partial charge in [0, 0.05) is 31.7 Å². The number of benzene rings is 1. The summed E-state index contributed by atoms with van der Waals surface area (Å²) in [6, 6.07) is 10.4. The first-order valence-corrected chi connectivity index (χ1v) is 7.67. The van der Waals surface area contributed by atoms with Gasteiger partial charge in [0.05, 0.1) is 0 Å². The second-order valence-corrected chi connectivity index (χ2v) is 5.56. The van der Waals surface area contributed by atoms with Crippen LogP contribution in [0.2, 0.25) is 0 Å². The molecule has 0 spiro atoms. The summed E-state index contributed by atoms with van der Waals surface area (Å²) in [4.78, 5) is 35.3. The third-order valence-corrected chi connectivity index (χ3v) is 4.04. The van der Waals surface area contributed by atoms with Crippen molar-refractivity contribution in [1.82, 2.24) is 24.6 Å². The van der Waals surface area contributed by atoms with Crippen LogP contribution in [0.15, 0.2) is 55.0 Å². The summed E-state index contributed by atoms with van der Waals surface area (Å²) in [5.74, 6) is 0.00506. The van der Waals surface area contributed by atoms with E-state index >= 15 is 0 Å². The van der Waals surface area contributed by atoms with Gasteiger partial charge in [-0.2, -0.15) is 0 Å². The molecule has 1 aromatic carbocycles. The number of nitrogens with one attached hydrogen (secondary N) is 1. The summed E-state index contributed by atoms with van der Waals surface area (Å²) >= 11 is 0. The van der Waals surface area contributed by atoms with Crippen molar-refractivity contribution in [3.05, 3.63) is 66.2 Å². The number of carbonyl (C=O) groups excluding carboxylic acids is 2. The van der Waals surface area contributed by atoms with Gasteiger partial charge in [0.15, 0.2) is 0 Å². The molecule has 2 amide bonds. The Morgan fingerprint density at radius 3 is 2.83 bits per heavy atom. The van der Waals surface area contributed by atoms with Crippen molar-refractivity contribution in [2.75, 3.05) is 13.1 Å². The molecule has 0 saturated carbocycles. The van der Waals surface area contributed by atoms with Crippen molar-refractivity contribution in [3.8, 4) is 0 Å². The van der Waals surface area contributed by atoms with Gasteiger partial charge in [0.2, 0.25) is 11.7 Å². The second kappa shape index (κ2) is 5.77. The molecular weight excluding hydrogens is 306 g/mol. The Labute approximate surface area is 137 Å². The molecule has 1 atom stereocenters. The molecule has 0 aliphatic carbocycles. The topological polar surface area (TPSA) is 79.6 Å². The van der Waals surface area contributed by atoms with Crippen molar-refractivity contribution in [1.29, 1.82) is 0 Å². The molecule has 1 aliphatic rings. The summed E-state index contributed by atoms with van der Waals surface area (Å²) in [6.07, 6.45) is 5.04. The van der Waals surface area contributed by atoms with Crippen LogP contribution < -0.4 is 5.32 Å². The first-order chi connectivity index (χ1) is 11.7. The van der Waals surface area contributed by atoms with Gasteiger partial charge in [-0.15, -0.1) is 0 Å².